The van der Waals surface area contributed by atoms with Crippen LogP contribution >= 0.6 is 11.6 Å². The van der Waals surface area contributed by atoms with E-state index in [1.54, 1.807) is 6.07 Å². The van der Waals surface area contributed by atoms with Crippen molar-refractivity contribution in [2.75, 3.05) is 13.2 Å². The van der Waals surface area contributed by atoms with Gasteiger partial charge in [0.05, 0.1) is 13.2 Å². The average molecular weight is 218 g/mol. The van der Waals surface area contributed by atoms with Crippen molar-refractivity contribution in [3.05, 3.63) is 22.8 Å². The molecule has 0 aliphatic carbocycles. The zero-order valence-corrected chi connectivity index (χ0v) is 8.37. The molecule has 0 amide bonds. The fourth-order valence-electron chi connectivity index (χ4n) is 0.891. The van der Waals surface area contributed by atoms with Crippen molar-refractivity contribution < 1.29 is 14.9 Å². The summed E-state index contributed by atoms with van der Waals surface area (Å²) in [5.41, 5.74) is 0.643. The topological polar surface area (TPSA) is 62.6 Å². The summed E-state index contributed by atoms with van der Waals surface area (Å²) in [6, 6.07) is 1.60. The molecule has 0 atom stereocenters. The number of hydrogen-bond donors (Lipinski definition) is 2. The Hall–Kier alpha value is -0.840. The number of aliphatic hydroxyl groups is 2. The van der Waals surface area contributed by atoms with Crippen molar-refractivity contribution in [3.63, 3.8) is 0 Å². The van der Waals surface area contributed by atoms with E-state index in [1.807, 2.05) is 0 Å². The number of aromatic nitrogens is 1. The number of aliphatic hydroxyl groups excluding tert-OH is 2. The molecule has 5 heteroatoms. The van der Waals surface area contributed by atoms with Gasteiger partial charge in [-0.25, -0.2) is 4.98 Å². The second-order valence-electron chi connectivity index (χ2n) is 2.71. The van der Waals surface area contributed by atoms with E-state index in [9.17, 15) is 0 Å². The maximum absolute atomic E-state index is 8.79. The Balaban J connectivity index is 2.59. The Bertz CT molecular complexity index is 293. The molecule has 14 heavy (non-hydrogen) atoms. The summed E-state index contributed by atoms with van der Waals surface area (Å²) in [7, 11) is 0. The van der Waals surface area contributed by atoms with Crippen LogP contribution in [-0.4, -0.2) is 28.4 Å². The Morgan fingerprint density at radius 1 is 1.43 bits per heavy atom. The average Bonchev–Trinajstić information content (AvgIpc) is 2.20. The predicted molar refractivity (Wildman–Crippen MR) is 52.4 cm³/mol. The molecule has 0 aliphatic heterocycles. The highest BCUT2D eigenvalue weighted by Crippen LogP contribution is 2.22. The minimum atomic E-state index is -0.0936. The molecule has 1 rings (SSSR count). The van der Waals surface area contributed by atoms with Crippen LogP contribution in [0, 0.1) is 0 Å². The van der Waals surface area contributed by atoms with Gasteiger partial charge >= 0.3 is 0 Å². The van der Waals surface area contributed by atoms with E-state index >= 15 is 0 Å². The fourth-order valence-corrected chi connectivity index (χ4v) is 1.13. The molecule has 0 spiro atoms. The first-order chi connectivity index (χ1) is 6.77. The van der Waals surface area contributed by atoms with Crippen molar-refractivity contribution in [2.24, 2.45) is 0 Å². The van der Waals surface area contributed by atoms with Gasteiger partial charge in [0.2, 0.25) is 5.88 Å². The van der Waals surface area contributed by atoms with Gasteiger partial charge in [0.1, 0.15) is 5.02 Å². The monoisotopic (exact) mass is 217 g/mol. The third-order valence-corrected chi connectivity index (χ3v) is 1.86. The van der Waals surface area contributed by atoms with Gasteiger partial charge in [-0.2, -0.15) is 0 Å². The maximum atomic E-state index is 8.79. The van der Waals surface area contributed by atoms with Gasteiger partial charge in [-0.05, 0) is 11.6 Å². The van der Waals surface area contributed by atoms with Crippen LogP contribution in [0.5, 0.6) is 5.88 Å². The smallest absolute Gasteiger partial charge is 0.232 e. The summed E-state index contributed by atoms with van der Waals surface area (Å²) in [5, 5.41) is 17.7. The Morgan fingerprint density at radius 2 is 2.21 bits per heavy atom. The molecule has 1 aromatic rings. The summed E-state index contributed by atoms with van der Waals surface area (Å²) < 4.78 is 5.19. The van der Waals surface area contributed by atoms with Crippen LogP contribution in [-0.2, 0) is 6.61 Å². The Labute approximate surface area is 87.1 Å². The zero-order valence-electron chi connectivity index (χ0n) is 7.61. The molecule has 0 aromatic carbocycles. The second-order valence-corrected chi connectivity index (χ2v) is 3.12. The first kappa shape index (κ1) is 11.2. The van der Waals surface area contributed by atoms with E-state index in [2.05, 4.69) is 4.98 Å². The van der Waals surface area contributed by atoms with Gasteiger partial charge < -0.3 is 14.9 Å². The summed E-state index contributed by atoms with van der Waals surface area (Å²) in [4.78, 5) is 3.93. The molecular weight excluding hydrogens is 206 g/mol. The van der Waals surface area contributed by atoms with Crippen LogP contribution in [0.3, 0.4) is 0 Å². The summed E-state index contributed by atoms with van der Waals surface area (Å²) in [5.74, 6) is 0.331. The van der Waals surface area contributed by atoms with Gasteiger partial charge in [0.15, 0.2) is 0 Å². The third-order valence-electron chi connectivity index (χ3n) is 1.59. The first-order valence-electron chi connectivity index (χ1n) is 4.27. The van der Waals surface area contributed by atoms with Crippen molar-refractivity contribution in [1.29, 1.82) is 0 Å². The van der Waals surface area contributed by atoms with Crippen LogP contribution in [0.2, 0.25) is 5.02 Å². The summed E-state index contributed by atoms with van der Waals surface area (Å²) >= 11 is 5.83. The van der Waals surface area contributed by atoms with E-state index < -0.39 is 0 Å². The number of rotatable bonds is 5. The number of pyridine rings is 1. The standard InChI is InChI=1S/C9H12ClNO3/c10-8-4-7(6-13)5-11-9(8)14-3-1-2-12/h4-5,12-13H,1-3,6H2. The van der Waals surface area contributed by atoms with Crippen LogP contribution < -0.4 is 4.74 Å². The zero-order chi connectivity index (χ0) is 10.4. The lowest BCUT2D eigenvalue weighted by atomic mass is 10.3. The quantitative estimate of drug-likeness (QED) is 0.722. The number of nitrogens with zero attached hydrogens (tertiary/aromatic N) is 1. The van der Waals surface area contributed by atoms with Crippen molar-refractivity contribution >= 4 is 11.6 Å². The van der Waals surface area contributed by atoms with Crippen LogP contribution in [0.15, 0.2) is 12.3 Å². The largest absolute Gasteiger partial charge is 0.477 e. The summed E-state index contributed by atoms with van der Waals surface area (Å²) in [6.45, 7) is 0.359. The molecular formula is C9H12ClNO3. The first-order valence-corrected chi connectivity index (χ1v) is 4.64. The Kier molecular flexibility index (Phi) is 4.65. The molecule has 4 nitrogen and oxygen atoms in total. The molecule has 0 bridgehead atoms. The normalized spacial score (nSPS) is 10.2. The second kappa shape index (κ2) is 5.80. The molecule has 1 aromatic heterocycles. The molecule has 0 saturated carbocycles. The lowest BCUT2D eigenvalue weighted by Gasteiger charge is -2.06. The molecule has 0 saturated heterocycles. The number of halogens is 1. The predicted octanol–water partition coefficient (Wildman–Crippen LogP) is 0.988. The minimum Gasteiger partial charge on any atom is -0.477 e. The minimum absolute atomic E-state index is 0.0757. The Morgan fingerprint density at radius 3 is 2.79 bits per heavy atom. The van der Waals surface area contributed by atoms with Gasteiger partial charge in [0.25, 0.3) is 0 Å². The number of ether oxygens (including phenoxy) is 1. The highest BCUT2D eigenvalue weighted by atomic mass is 35.5. The SMILES string of the molecule is OCCCOc1ncc(CO)cc1Cl. The van der Waals surface area contributed by atoms with Gasteiger partial charge in [-0.1, -0.05) is 11.6 Å². The molecule has 2 N–H and O–H groups in total. The van der Waals surface area contributed by atoms with Crippen LogP contribution in [0.25, 0.3) is 0 Å². The molecule has 78 valence electrons. The summed E-state index contributed by atoms with van der Waals surface area (Å²) in [6.07, 6.45) is 2.04. The van der Waals surface area contributed by atoms with Crippen LogP contribution in [0.1, 0.15) is 12.0 Å². The van der Waals surface area contributed by atoms with Gasteiger partial charge in [-0.15, -0.1) is 0 Å². The van der Waals surface area contributed by atoms with E-state index in [4.69, 9.17) is 26.6 Å². The highest BCUT2D eigenvalue weighted by molar-refractivity contribution is 6.31. The van der Waals surface area contributed by atoms with E-state index in [0.29, 0.717) is 29.5 Å². The van der Waals surface area contributed by atoms with E-state index in [-0.39, 0.29) is 13.2 Å². The lowest BCUT2D eigenvalue weighted by molar-refractivity contribution is 0.229. The van der Waals surface area contributed by atoms with E-state index in [0.717, 1.165) is 0 Å². The maximum Gasteiger partial charge on any atom is 0.232 e. The molecule has 1 heterocycles. The third kappa shape index (κ3) is 3.14. The van der Waals surface area contributed by atoms with Gasteiger partial charge in [-0.3, -0.25) is 0 Å². The molecule has 0 fully saturated rings. The van der Waals surface area contributed by atoms with Crippen molar-refractivity contribution in [2.45, 2.75) is 13.0 Å². The van der Waals surface area contributed by atoms with E-state index in [1.165, 1.54) is 6.20 Å². The number of hydrogen-bond acceptors (Lipinski definition) is 4. The van der Waals surface area contributed by atoms with Crippen molar-refractivity contribution in [1.82, 2.24) is 4.98 Å². The van der Waals surface area contributed by atoms with Crippen molar-refractivity contribution in [3.8, 4) is 5.88 Å². The lowest BCUT2D eigenvalue weighted by Crippen LogP contribution is -2.02. The highest BCUT2D eigenvalue weighted by Gasteiger charge is 2.03. The fraction of sp³-hybridized carbons (Fsp3) is 0.444. The van der Waals surface area contributed by atoms with Crippen LogP contribution in [0.4, 0.5) is 0 Å². The molecule has 0 radical (unpaired) electrons. The molecule has 0 aliphatic rings. The van der Waals surface area contributed by atoms with Gasteiger partial charge in [0, 0.05) is 19.2 Å². The molecule has 0 unspecified atom stereocenters.